The fourth-order valence-corrected chi connectivity index (χ4v) is 3.45. The summed E-state index contributed by atoms with van der Waals surface area (Å²) in [6.45, 7) is 3.97. The van der Waals surface area contributed by atoms with E-state index in [0.717, 1.165) is 43.0 Å². The maximum absolute atomic E-state index is 6.08. The average molecular weight is 372 g/mol. The fourth-order valence-electron chi connectivity index (χ4n) is 3.45. The zero-order valence-corrected chi connectivity index (χ0v) is 15.3. The first-order valence-electron chi connectivity index (χ1n) is 9.32. The molecule has 1 saturated heterocycles. The molecule has 0 aliphatic carbocycles. The molecule has 0 bridgehead atoms. The highest BCUT2D eigenvalue weighted by Gasteiger charge is 2.16. The third-order valence-electron chi connectivity index (χ3n) is 4.92. The van der Waals surface area contributed by atoms with Gasteiger partial charge in [-0.15, -0.1) is 0 Å². The topological polar surface area (TPSA) is 93.1 Å². The molecular weight excluding hydrogens is 352 g/mol. The highest BCUT2D eigenvalue weighted by atomic mass is 16.3. The zero-order chi connectivity index (χ0) is 18.9. The lowest BCUT2D eigenvalue weighted by atomic mass is 10.1. The Morgan fingerprint density at radius 3 is 2.71 bits per heavy atom. The number of benzene rings is 2. The van der Waals surface area contributed by atoms with Crippen molar-refractivity contribution < 1.29 is 4.42 Å². The number of nitrogens with one attached hydrogen (secondary N) is 1. The quantitative estimate of drug-likeness (QED) is 0.571. The van der Waals surface area contributed by atoms with Crippen molar-refractivity contribution in [1.29, 1.82) is 0 Å². The third kappa shape index (κ3) is 3.05. The second kappa shape index (κ2) is 6.94. The van der Waals surface area contributed by atoms with Crippen LogP contribution < -0.4 is 16.0 Å². The molecule has 7 nitrogen and oxygen atoms in total. The van der Waals surface area contributed by atoms with Crippen molar-refractivity contribution in [2.45, 2.75) is 0 Å². The van der Waals surface area contributed by atoms with Crippen molar-refractivity contribution in [2.24, 2.45) is 0 Å². The second-order valence-corrected chi connectivity index (χ2v) is 6.76. The number of aromatic nitrogens is 3. The third-order valence-corrected chi connectivity index (χ3v) is 4.92. The summed E-state index contributed by atoms with van der Waals surface area (Å²) in [5.41, 5.74) is 10.9. The van der Waals surface area contributed by atoms with Crippen LogP contribution in [0.2, 0.25) is 0 Å². The van der Waals surface area contributed by atoms with Gasteiger partial charge in [-0.25, -0.2) is 15.0 Å². The van der Waals surface area contributed by atoms with Gasteiger partial charge in [-0.1, -0.05) is 24.3 Å². The second-order valence-electron chi connectivity index (χ2n) is 6.76. The summed E-state index contributed by atoms with van der Waals surface area (Å²) < 4.78 is 5.84. The Hall–Kier alpha value is -3.45. The Morgan fingerprint density at radius 1 is 1.00 bits per heavy atom. The number of anilines is 2. The molecule has 4 aromatic rings. The van der Waals surface area contributed by atoms with E-state index in [4.69, 9.17) is 15.1 Å². The number of nitrogens with two attached hydrogens (primary N) is 1. The van der Waals surface area contributed by atoms with E-state index in [1.54, 1.807) is 6.20 Å². The Morgan fingerprint density at radius 2 is 1.86 bits per heavy atom. The van der Waals surface area contributed by atoms with Crippen molar-refractivity contribution in [3.63, 3.8) is 0 Å². The maximum Gasteiger partial charge on any atom is 0.250 e. The van der Waals surface area contributed by atoms with Gasteiger partial charge in [-0.2, -0.15) is 0 Å². The predicted octanol–water partition coefficient (Wildman–Crippen LogP) is 2.94. The minimum absolute atomic E-state index is 0.300. The number of hydrogen-bond donors (Lipinski definition) is 2. The molecule has 2 aromatic heterocycles. The molecule has 3 heterocycles. The molecule has 0 unspecified atom stereocenters. The molecule has 5 rings (SSSR count). The van der Waals surface area contributed by atoms with Gasteiger partial charge in [0.25, 0.3) is 0 Å². The summed E-state index contributed by atoms with van der Waals surface area (Å²) >= 11 is 0. The standard InChI is InChI=1S/C21H20N6O/c22-20-19(21-26-16-6-1-2-7-18(16)28-21)25-17(13-24-20)14-4-3-5-15(12-14)27-10-8-23-9-11-27/h1-7,12-13,23H,8-11H2,(H2,22,24). The molecule has 1 aliphatic heterocycles. The van der Waals surface area contributed by atoms with E-state index in [-0.39, 0.29) is 0 Å². The molecule has 0 spiro atoms. The largest absolute Gasteiger partial charge is 0.435 e. The van der Waals surface area contributed by atoms with E-state index < -0.39 is 0 Å². The van der Waals surface area contributed by atoms with Gasteiger partial charge in [0.1, 0.15) is 5.52 Å². The molecule has 28 heavy (non-hydrogen) atoms. The number of rotatable bonds is 3. The van der Waals surface area contributed by atoms with Crippen molar-refractivity contribution in [3.05, 3.63) is 54.7 Å². The molecule has 140 valence electrons. The van der Waals surface area contributed by atoms with E-state index in [2.05, 4.69) is 32.3 Å². The Kier molecular flexibility index (Phi) is 4.14. The van der Waals surface area contributed by atoms with Crippen molar-refractivity contribution >= 4 is 22.6 Å². The lowest BCUT2D eigenvalue weighted by Gasteiger charge is -2.29. The first kappa shape index (κ1) is 16.7. The Bertz CT molecular complexity index is 1100. The van der Waals surface area contributed by atoms with Gasteiger partial charge in [0.15, 0.2) is 17.1 Å². The van der Waals surface area contributed by atoms with Crippen LogP contribution in [0.1, 0.15) is 0 Å². The van der Waals surface area contributed by atoms with Gasteiger partial charge in [0.2, 0.25) is 5.89 Å². The van der Waals surface area contributed by atoms with Crippen LogP contribution in [-0.2, 0) is 0 Å². The van der Waals surface area contributed by atoms with Crippen LogP contribution in [0.25, 0.3) is 33.9 Å². The van der Waals surface area contributed by atoms with E-state index in [9.17, 15) is 0 Å². The number of nitrogens with zero attached hydrogens (tertiary/aromatic N) is 4. The number of nitrogen functional groups attached to an aromatic ring is 1. The molecule has 0 amide bonds. The highest BCUT2D eigenvalue weighted by molar-refractivity contribution is 5.78. The molecular formula is C21H20N6O. The molecule has 0 saturated carbocycles. The molecule has 0 radical (unpaired) electrons. The number of fused-ring (bicyclic) bond motifs is 1. The Labute approximate surface area is 162 Å². The van der Waals surface area contributed by atoms with Crippen LogP contribution >= 0.6 is 0 Å². The van der Waals surface area contributed by atoms with Crippen LogP contribution in [0.3, 0.4) is 0 Å². The maximum atomic E-state index is 6.08. The summed E-state index contributed by atoms with van der Waals surface area (Å²) in [4.78, 5) is 15.9. The molecule has 0 atom stereocenters. The smallest absolute Gasteiger partial charge is 0.250 e. The van der Waals surface area contributed by atoms with Gasteiger partial charge < -0.3 is 20.4 Å². The van der Waals surface area contributed by atoms with E-state index in [1.165, 1.54) is 5.69 Å². The highest BCUT2D eigenvalue weighted by Crippen LogP contribution is 2.29. The van der Waals surface area contributed by atoms with E-state index >= 15 is 0 Å². The summed E-state index contributed by atoms with van der Waals surface area (Å²) in [5, 5.41) is 3.38. The zero-order valence-electron chi connectivity index (χ0n) is 15.3. The van der Waals surface area contributed by atoms with Gasteiger partial charge in [0.05, 0.1) is 11.9 Å². The van der Waals surface area contributed by atoms with E-state index in [1.807, 2.05) is 36.4 Å². The first-order chi connectivity index (χ1) is 13.8. The minimum atomic E-state index is 0.300. The van der Waals surface area contributed by atoms with Crippen LogP contribution in [0, 0.1) is 0 Å². The van der Waals surface area contributed by atoms with Gasteiger partial charge in [-0.05, 0) is 24.3 Å². The van der Waals surface area contributed by atoms with Crippen molar-refractivity contribution in [3.8, 4) is 22.8 Å². The van der Waals surface area contributed by atoms with Crippen molar-refractivity contribution in [1.82, 2.24) is 20.3 Å². The number of para-hydroxylation sites is 2. The molecule has 2 aromatic carbocycles. The molecule has 7 heteroatoms. The predicted molar refractivity (Wildman–Crippen MR) is 110 cm³/mol. The summed E-state index contributed by atoms with van der Waals surface area (Å²) in [6.07, 6.45) is 1.69. The number of oxazole rings is 1. The van der Waals surface area contributed by atoms with Crippen LogP contribution in [-0.4, -0.2) is 41.1 Å². The number of hydrogen-bond acceptors (Lipinski definition) is 7. The SMILES string of the molecule is Nc1ncc(-c2cccc(N3CCNCC3)c2)nc1-c1nc2ccccc2o1. The average Bonchev–Trinajstić information content (AvgIpc) is 3.19. The number of piperazine rings is 1. The summed E-state index contributed by atoms with van der Waals surface area (Å²) in [7, 11) is 0. The van der Waals surface area contributed by atoms with Gasteiger partial charge in [-0.3, -0.25) is 0 Å². The summed E-state index contributed by atoms with van der Waals surface area (Å²) in [5.74, 6) is 0.680. The van der Waals surface area contributed by atoms with Crippen LogP contribution in [0.4, 0.5) is 11.5 Å². The lowest BCUT2D eigenvalue weighted by molar-refractivity contribution is 0.589. The van der Waals surface area contributed by atoms with Crippen LogP contribution in [0.5, 0.6) is 0 Å². The fraction of sp³-hybridized carbons (Fsp3) is 0.190. The van der Waals surface area contributed by atoms with Crippen molar-refractivity contribution in [2.75, 3.05) is 36.8 Å². The monoisotopic (exact) mass is 372 g/mol. The molecule has 3 N–H and O–H groups in total. The molecule has 1 aliphatic rings. The molecule has 1 fully saturated rings. The lowest BCUT2D eigenvalue weighted by Crippen LogP contribution is -2.43. The summed E-state index contributed by atoms with van der Waals surface area (Å²) in [6, 6.07) is 15.9. The van der Waals surface area contributed by atoms with Gasteiger partial charge in [0, 0.05) is 37.4 Å². The van der Waals surface area contributed by atoms with Gasteiger partial charge >= 0.3 is 0 Å². The minimum Gasteiger partial charge on any atom is -0.435 e. The Balaban J connectivity index is 1.54. The normalized spacial score (nSPS) is 14.5. The van der Waals surface area contributed by atoms with Crippen LogP contribution in [0.15, 0.2) is 59.1 Å². The van der Waals surface area contributed by atoms with E-state index in [0.29, 0.717) is 23.0 Å². The first-order valence-corrected chi connectivity index (χ1v) is 9.32.